The number of carbonyl (C=O) groups excluding carboxylic acids is 2. The van der Waals surface area contributed by atoms with Crippen molar-refractivity contribution in [3.8, 4) is 0 Å². The van der Waals surface area contributed by atoms with Gasteiger partial charge < -0.3 is 9.64 Å². The van der Waals surface area contributed by atoms with E-state index in [2.05, 4.69) is 20.8 Å². The predicted octanol–water partition coefficient (Wildman–Crippen LogP) is 2.06. The number of amides is 1. The number of piperidine rings is 1. The van der Waals surface area contributed by atoms with E-state index in [1.165, 1.54) is 18.2 Å². The number of aromatic nitrogens is 2. The van der Waals surface area contributed by atoms with Crippen LogP contribution in [0, 0.1) is 21.8 Å². The quantitative estimate of drug-likeness (QED) is 0.382. The number of ether oxygens (including phenoxy) is 1. The molecule has 12 heteroatoms. The molecule has 1 aliphatic heterocycles. The van der Waals surface area contributed by atoms with Gasteiger partial charge in [-0.05, 0) is 31.9 Å². The van der Waals surface area contributed by atoms with Crippen LogP contribution in [-0.4, -0.2) is 46.5 Å². The standard InChI is InChI=1S/C19H21FN6O5/c1-2-31-19(28)12-6-5-9-25(10-12)17-15(26(29)30)16(21-11-22-17)23-24-18(27)13-7-3-4-8-14(13)20/h3-4,7-8,11-12H,2,5-6,9-10H2,1H3,(H,24,27)(H,21,22,23). The number of carbonyl (C=O) groups is 2. The van der Waals surface area contributed by atoms with Crippen LogP contribution in [0.5, 0.6) is 0 Å². The summed E-state index contributed by atoms with van der Waals surface area (Å²) >= 11 is 0. The minimum absolute atomic E-state index is 0.0108. The number of benzene rings is 1. The fraction of sp³-hybridized carbons (Fsp3) is 0.368. The third kappa shape index (κ3) is 5.02. The van der Waals surface area contributed by atoms with Gasteiger partial charge in [-0.2, -0.15) is 0 Å². The topological polar surface area (TPSA) is 140 Å². The molecule has 0 radical (unpaired) electrons. The molecule has 3 rings (SSSR count). The van der Waals surface area contributed by atoms with Gasteiger partial charge in [-0.3, -0.25) is 30.6 Å². The third-order valence-corrected chi connectivity index (χ3v) is 4.74. The lowest BCUT2D eigenvalue weighted by Crippen LogP contribution is -2.40. The zero-order valence-corrected chi connectivity index (χ0v) is 16.7. The summed E-state index contributed by atoms with van der Waals surface area (Å²) in [7, 11) is 0. The summed E-state index contributed by atoms with van der Waals surface area (Å²) in [5.74, 6) is -2.61. The zero-order chi connectivity index (χ0) is 22.4. The molecule has 0 bridgehead atoms. The summed E-state index contributed by atoms with van der Waals surface area (Å²) in [6.45, 7) is 2.62. The number of nitrogens with one attached hydrogen (secondary N) is 2. The van der Waals surface area contributed by atoms with Gasteiger partial charge in [0, 0.05) is 13.1 Å². The van der Waals surface area contributed by atoms with Crippen molar-refractivity contribution in [2.24, 2.45) is 5.92 Å². The number of esters is 1. The van der Waals surface area contributed by atoms with Crippen LogP contribution in [0.25, 0.3) is 0 Å². The summed E-state index contributed by atoms with van der Waals surface area (Å²) in [5, 5.41) is 11.8. The van der Waals surface area contributed by atoms with Crippen molar-refractivity contribution in [2.45, 2.75) is 19.8 Å². The van der Waals surface area contributed by atoms with E-state index in [1.54, 1.807) is 11.8 Å². The molecule has 0 spiro atoms. The van der Waals surface area contributed by atoms with Crippen molar-refractivity contribution in [1.29, 1.82) is 0 Å². The first-order valence-corrected chi connectivity index (χ1v) is 9.64. The van der Waals surface area contributed by atoms with E-state index < -0.39 is 28.3 Å². The van der Waals surface area contributed by atoms with Gasteiger partial charge in [0.15, 0.2) is 0 Å². The third-order valence-electron chi connectivity index (χ3n) is 4.74. The number of nitrogens with zero attached hydrogens (tertiary/aromatic N) is 4. The van der Waals surface area contributed by atoms with Gasteiger partial charge in [-0.1, -0.05) is 12.1 Å². The van der Waals surface area contributed by atoms with Gasteiger partial charge in [-0.25, -0.2) is 14.4 Å². The highest BCUT2D eigenvalue weighted by Crippen LogP contribution is 2.34. The summed E-state index contributed by atoms with van der Waals surface area (Å²) in [6, 6.07) is 5.31. The van der Waals surface area contributed by atoms with Crippen molar-refractivity contribution in [2.75, 3.05) is 30.0 Å². The maximum Gasteiger partial charge on any atom is 0.355 e. The molecule has 0 aliphatic carbocycles. The molecule has 1 saturated heterocycles. The lowest BCUT2D eigenvalue weighted by atomic mass is 9.98. The van der Waals surface area contributed by atoms with E-state index in [0.717, 1.165) is 12.4 Å². The van der Waals surface area contributed by atoms with E-state index in [4.69, 9.17) is 4.74 Å². The molecule has 1 fully saturated rings. The molecule has 1 aromatic heterocycles. The molecule has 2 heterocycles. The number of anilines is 2. The molecule has 164 valence electrons. The van der Waals surface area contributed by atoms with Crippen molar-refractivity contribution in [3.63, 3.8) is 0 Å². The first kappa shape index (κ1) is 21.9. The SMILES string of the molecule is CCOC(=O)C1CCCN(c2ncnc(NNC(=O)c3ccccc3F)c2[N+](=O)[O-])C1. The summed E-state index contributed by atoms with van der Waals surface area (Å²) in [6.07, 6.45) is 2.34. The maximum absolute atomic E-state index is 13.8. The van der Waals surface area contributed by atoms with Crippen LogP contribution in [0.3, 0.4) is 0 Å². The Kier molecular flexibility index (Phi) is 6.90. The largest absolute Gasteiger partial charge is 0.466 e. The van der Waals surface area contributed by atoms with Crippen LogP contribution >= 0.6 is 0 Å². The van der Waals surface area contributed by atoms with Crippen molar-refractivity contribution < 1.29 is 23.6 Å². The molecule has 31 heavy (non-hydrogen) atoms. The van der Waals surface area contributed by atoms with E-state index in [-0.39, 0.29) is 36.3 Å². The van der Waals surface area contributed by atoms with E-state index in [1.807, 2.05) is 0 Å². The van der Waals surface area contributed by atoms with Crippen molar-refractivity contribution in [3.05, 3.63) is 52.1 Å². The Morgan fingerprint density at radius 1 is 1.35 bits per heavy atom. The van der Waals surface area contributed by atoms with Crippen LogP contribution < -0.4 is 15.8 Å². The van der Waals surface area contributed by atoms with Crippen LogP contribution in [0.2, 0.25) is 0 Å². The molecular weight excluding hydrogens is 411 g/mol. The van der Waals surface area contributed by atoms with Gasteiger partial charge in [0.25, 0.3) is 5.91 Å². The van der Waals surface area contributed by atoms with E-state index in [0.29, 0.717) is 19.4 Å². The molecule has 0 saturated carbocycles. The Labute approximate surface area is 176 Å². The maximum atomic E-state index is 13.8. The number of nitro groups is 1. The van der Waals surface area contributed by atoms with E-state index in [9.17, 15) is 24.1 Å². The van der Waals surface area contributed by atoms with E-state index >= 15 is 0 Å². The number of rotatable bonds is 7. The van der Waals surface area contributed by atoms with Crippen molar-refractivity contribution >= 4 is 29.2 Å². The smallest absolute Gasteiger partial charge is 0.355 e. The van der Waals surface area contributed by atoms with Crippen LogP contribution in [-0.2, 0) is 9.53 Å². The lowest BCUT2D eigenvalue weighted by molar-refractivity contribution is -0.383. The normalized spacial score (nSPS) is 15.8. The second-order valence-electron chi connectivity index (χ2n) is 6.75. The molecule has 1 unspecified atom stereocenters. The Morgan fingerprint density at radius 2 is 2.13 bits per heavy atom. The first-order chi connectivity index (χ1) is 14.9. The fourth-order valence-electron chi connectivity index (χ4n) is 3.31. The predicted molar refractivity (Wildman–Crippen MR) is 108 cm³/mol. The Morgan fingerprint density at radius 3 is 2.84 bits per heavy atom. The molecule has 2 N–H and O–H groups in total. The Hall–Kier alpha value is -3.83. The van der Waals surface area contributed by atoms with Gasteiger partial charge >= 0.3 is 11.7 Å². The fourth-order valence-corrected chi connectivity index (χ4v) is 3.31. The molecule has 2 aromatic rings. The highest BCUT2D eigenvalue weighted by Gasteiger charge is 2.33. The summed E-state index contributed by atoms with van der Waals surface area (Å²) in [4.78, 5) is 44.9. The Bertz CT molecular complexity index is 988. The summed E-state index contributed by atoms with van der Waals surface area (Å²) in [5.41, 5.74) is 3.88. The van der Waals surface area contributed by atoms with Crippen molar-refractivity contribution in [1.82, 2.24) is 15.4 Å². The molecule has 1 aliphatic rings. The number of hydrogen-bond acceptors (Lipinski definition) is 9. The monoisotopic (exact) mass is 432 g/mol. The van der Waals surface area contributed by atoms with Gasteiger partial charge in [0.05, 0.1) is 23.0 Å². The van der Waals surface area contributed by atoms with Crippen LogP contribution in [0.4, 0.5) is 21.7 Å². The average Bonchev–Trinajstić information content (AvgIpc) is 2.77. The minimum Gasteiger partial charge on any atom is -0.466 e. The number of hydrazine groups is 1. The van der Waals surface area contributed by atoms with Crippen LogP contribution in [0.1, 0.15) is 30.1 Å². The van der Waals surface area contributed by atoms with Crippen LogP contribution in [0.15, 0.2) is 30.6 Å². The molecular formula is C19H21FN6O5. The minimum atomic E-state index is -0.826. The van der Waals surface area contributed by atoms with Gasteiger partial charge in [0.1, 0.15) is 12.1 Å². The second kappa shape index (κ2) is 9.78. The van der Waals surface area contributed by atoms with Gasteiger partial charge in [0.2, 0.25) is 11.6 Å². The molecule has 11 nitrogen and oxygen atoms in total. The number of halogens is 1. The first-order valence-electron chi connectivity index (χ1n) is 9.64. The average molecular weight is 432 g/mol. The summed E-state index contributed by atoms with van der Waals surface area (Å²) < 4.78 is 18.8. The second-order valence-corrected chi connectivity index (χ2v) is 6.75. The Balaban J connectivity index is 1.81. The highest BCUT2D eigenvalue weighted by molar-refractivity contribution is 5.95. The number of hydrogen-bond donors (Lipinski definition) is 2. The van der Waals surface area contributed by atoms with Gasteiger partial charge in [-0.15, -0.1) is 0 Å². The zero-order valence-electron chi connectivity index (χ0n) is 16.7. The lowest BCUT2D eigenvalue weighted by Gasteiger charge is -2.32. The molecule has 1 atom stereocenters. The molecule has 1 amide bonds. The molecule has 1 aromatic carbocycles. The highest BCUT2D eigenvalue weighted by atomic mass is 19.1.